The minimum absolute atomic E-state index is 0.116. The second-order valence-corrected chi connectivity index (χ2v) is 7.77. The predicted molar refractivity (Wildman–Crippen MR) is 113 cm³/mol. The molecule has 0 aliphatic carbocycles. The summed E-state index contributed by atoms with van der Waals surface area (Å²) in [6, 6.07) is 5.34. The maximum absolute atomic E-state index is 10.4. The highest BCUT2D eigenvalue weighted by Crippen LogP contribution is 2.35. The number of hydrogen-bond acceptors (Lipinski definition) is 7. The van der Waals surface area contributed by atoms with Crippen molar-refractivity contribution in [3.8, 4) is 5.75 Å². The number of allylic oxidation sites excluding steroid dienone is 3. The van der Waals surface area contributed by atoms with Crippen LogP contribution in [0.2, 0.25) is 0 Å². The van der Waals surface area contributed by atoms with E-state index in [1.165, 1.54) is 12.8 Å². The normalized spacial score (nSPS) is 21.9. The Balaban J connectivity index is 1.43. The van der Waals surface area contributed by atoms with E-state index < -0.39 is 0 Å². The smallest absolute Gasteiger partial charge is 0.127 e. The molecular weight excluding hydrogens is 352 g/mol. The molecule has 0 bridgehead atoms. The summed E-state index contributed by atoms with van der Waals surface area (Å²) in [5.41, 5.74) is 14.8. The number of rotatable bonds is 4. The van der Waals surface area contributed by atoms with Crippen LogP contribution in [0, 0.1) is 5.41 Å². The number of nitrogens with two attached hydrogens (primary N) is 2. The van der Waals surface area contributed by atoms with Crippen LogP contribution in [0.1, 0.15) is 24.8 Å². The molecule has 0 radical (unpaired) electrons. The molecule has 7 heteroatoms. The van der Waals surface area contributed by atoms with Crippen molar-refractivity contribution in [3.63, 3.8) is 0 Å². The zero-order chi connectivity index (χ0) is 19.6. The van der Waals surface area contributed by atoms with Crippen LogP contribution < -0.4 is 21.8 Å². The molecule has 0 amide bonds. The molecule has 3 heterocycles. The molecule has 2 fully saturated rings. The van der Waals surface area contributed by atoms with E-state index in [1.54, 1.807) is 23.2 Å². The predicted octanol–water partition coefficient (Wildman–Crippen LogP) is 1.89. The molecule has 0 aromatic heterocycles. The third-order valence-corrected chi connectivity index (χ3v) is 5.87. The van der Waals surface area contributed by atoms with Gasteiger partial charge in [-0.3, -0.25) is 0 Å². The summed E-state index contributed by atoms with van der Waals surface area (Å²) >= 11 is 0. The first-order valence-electron chi connectivity index (χ1n) is 9.77. The summed E-state index contributed by atoms with van der Waals surface area (Å²) < 4.78 is 0. The van der Waals surface area contributed by atoms with Crippen molar-refractivity contribution in [1.29, 1.82) is 0 Å². The minimum atomic E-state index is 0.116. The maximum Gasteiger partial charge on any atom is 0.127 e. The van der Waals surface area contributed by atoms with Gasteiger partial charge in [0.2, 0.25) is 0 Å². The van der Waals surface area contributed by atoms with Gasteiger partial charge in [-0.05, 0) is 42.5 Å². The molecule has 1 aromatic carbocycles. The van der Waals surface area contributed by atoms with Gasteiger partial charge < -0.3 is 26.8 Å². The van der Waals surface area contributed by atoms with Gasteiger partial charge in [0.15, 0.2) is 0 Å². The lowest BCUT2D eigenvalue weighted by Crippen LogP contribution is -2.58. The Morgan fingerprint density at radius 2 is 1.96 bits per heavy atom. The van der Waals surface area contributed by atoms with Crippen LogP contribution in [-0.2, 0) is 0 Å². The van der Waals surface area contributed by atoms with Gasteiger partial charge in [0.05, 0.1) is 11.5 Å². The van der Waals surface area contributed by atoms with Gasteiger partial charge in [0.25, 0.3) is 0 Å². The third-order valence-electron chi connectivity index (χ3n) is 5.87. The molecule has 4 rings (SSSR count). The first-order valence-corrected chi connectivity index (χ1v) is 9.77. The first kappa shape index (κ1) is 18.4. The van der Waals surface area contributed by atoms with Gasteiger partial charge in [0.1, 0.15) is 5.75 Å². The zero-order valence-corrected chi connectivity index (χ0v) is 16.0. The molecule has 0 atom stereocenters. The number of benzene rings is 1. The topological polar surface area (TPSA) is 103 Å². The average molecular weight is 380 g/mol. The molecule has 28 heavy (non-hydrogen) atoms. The number of aromatic hydroxyl groups is 1. The Hall–Kier alpha value is -2.93. The second kappa shape index (κ2) is 7.59. The van der Waals surface area contributed by atoms with Crippen LogP contribution >= 0.6 is 0 Å². The van der Waals surface area contributed by atoms with Gasteiger partial charge >= 0.3 is 0 Å². The average Bonchev–Trinajstić information content (AvgIpc) is 2.71. The standard InChI is InChI=1S/C21H28N6O/c22-18(5-6-20(23)26-11-7-21(8-12-26)14-24-15-21)17-4-3-16(13-19(17)28)27-10-2-1-9-25-27/h2-6,9-10,13,24,28H,1,7-8,11-12,14-15,22-23H2/b18-5-,20-6+. The van der Waals surface area contributed by atoms with Crippen LogP contribution in [0.4, 0.5) is 5.69 Å². The fourth-order valence-corrected chi connectivity index (χ4v) is 3.90. The van der Waals surface area contributed by atoms with Crippen molar-refractivity contribution in [3.05, 3.63) is 54.0 Å². The van der Waals surface area contributed by atoms with Crippen molar-refractivity contribution in [1.82, 2.24) is 10.2 Å². The summed E-state index contributed by atoms with van der Waals surface area (Å²) in [6.07, 6.45) is 12.4. The van der Waals surface area contributed by atoms with Crippen LogP contribution in [0.25, 0.3) is 5.70 Å². The second-order valence-electron chi connectivity index (χ2n) is 7.77. The maximum atomic E-state index is 10.4. The molecule has 3 aliphatic heterocycles. The molecule has 2 saturated heterocycles. The van der Waals surface area contributed by atoms with Crippen LogP contribution in [0.3, 0.4) is 0 Å². The lowest BCUT2D eigenvalue weighted by Gasteiger charge is -2.48. The molecule has 0 saturated carbocycles. The highest BCUT2D eigenvalue weighted by atomic mass is 16.3. The Morgan fingerprint density at radius 3 is 2.57 bits per heavy atom. The highest BCUT2D eigenvalue weighted by molar-refractivity contribution is 5.73. The van der Waals surface area contributed by atoms with E-state index in [0.717, 1.165) is 38.3 Å². The first-order chi connectivity index (χ1) is 13.6. The summed E-state index contributed by atoms with van der Waals surface area (Å²) in [5, 5.41) is 19.8. The highest BCUT2D eigenvalue weighted by Gasteiger charge is 2.39. The molecule has 3 aliphatic rings. The van der Waals surface area contributed by atoms with Gasteiger partial charge in [0, 0.05) is 62.3 Å². The Bertz CT molecular complexity index is 830. The van der Waals surface area contributed by atoms with Crippen molar-refractivity contribution >= 4 is 17.6 Å². The number of nitrogens with zero attached hydrogens (tertiary/aromatic N) is 3. The largest absolute Gasteiger partial charge is 0.507 e. The number of hydrogen-bond donors (Lipinski definition) is 4. The number of anilines is 1. The molecule has 148 valence electrons. The van der Waals surface area contributed by atoms with Crippen LogP contribution in [0.15, 0.2) is 53.5 Å². The van der Waals surface area contributed by atoms with Gasteiger partial charge in [-0.15, -0.1) is 0 Å². The number of piperidine rings is 1. The zero-order valence-electron chi connectivity index (χ0n) is 16.0. The van der Waals surface area contributed by atoms with Crippen molar-refractivity contribution in [2.45, 2.75) is 19.3 Å². The molecule has 1 aromatic rings. The summed E-state index contributed by atoms with van der Waals surface area (Å²) in [6.45, 7) is 4.21. The molecule has 1 spiro atoms. The summed E-state index contributed by atoms with van der Waals surface area (Å²) in [4.78, 5) is 2.21. The SMILES string of the molecule is N/C(=C\C=C(/N)N1CCC2(CC1)CNC2)c1ccc(N2C=CCC=N2)cc1O. The van der Waals surface area contributed by atoms with Gasteiger partial charge in [-0.25, -0.2) is 5.01 Å². The van der Waals surface area contributed by atoms with Crippen molar-refractivity contribution < 1.29 is 5.11 Å². The Morgan fingerprint density at radius 1 is 1.18 bits per heavy atom. The lowest BCUT2D eigenvalue weighted by atomic mass is 9.73. The van der Waals surface area contributed by atoms with Crippen molar-refractivity contribution in [2.24, 2.45) is 22.0 Å². The molecule has 0 unspecified atom stereocenters. The minimum Gasteiger partial charge on any atom is -0.507 e. The molecule has 6 N–H and O–H groups in total. The summed E-state index contributed by atoms with van der Waals surface area (Å²) in [7, 11) is 0. The number of nitrogens with one attached hydrogen (secondary N) is 1. The number of likely N-dealkylation sites (tertiary alicyclic amines) is 1. The monoisotopic (exact) mass is 380 g/mol. The Kier molecular flexibility index (Phi) is 5.00. The van der Waals surface area contributed by atoms with E-state index in [9.17, 15) is 5.11 Å². The van der Waals surface area contributed by atoms with Gasteiger partial charge in [-0.1, -0.05) is 6.08 Å². The van der Waals surface area contributed by atoms with Crippen LogP contribution in [-0.4, -0.2) is 42.4 Å². The fraction of sp³-hybridized carbons (Fsp3) is 0.381. The number of hydrazone groups is 1. The number of phenolic OH excluding ortho intramolecular Hbond substituents is 1. The van der Waals surface area contributed by atoms with E-state index in [-0.39, 0.29) is 5.75 Å². The molecule has 7 nitrogen and oxygen atoms in total. The lowest BCUT2D eigenvalue weighted by molar-refractivity contribution is 0.0695. The molecular formula is C21H28N6O. The van der Waals surface area contributed by atoms with E-state index in [2.05, 4.69) is 15.3 Å². The fourth-order valence-electron chi connectivity index (χ4n) is 3.90. The van der Waals surface area contributed by atoms with E-state index in [0.29, 0.717) is 22.5 Å². The number of phenols is 1. The third kappa shape index (κ3) is 3.71. The summed E-state index contributed by atoms with van der Waals surface area (Å²) in [5.74, 6) is 0.832. The quantitative estimate of drug-likeness (QED) is 0.595. The Labute approximate surface area is 165 Å². The van der Waals surface area contributed by atoms with E-state index in [4.69, 9.17) is 11.5 Å². The van der Waals surface area contributed by atoms with E-state index >= 15 is 0 Å². The van der Waals surface area contributed by atoms with Crippen molar-refractivity contribution in [2.75, 3.05) is 31.2 Å². The van der Waals surface area contributed by atoms with E-state index in [1.807, 2.05) is 30.6 Å². The van der Waals surface area contributed by atoms with Crippen LogP contribution in [0.5, 0.6) is 5.75 Å². The van der Waals surface area contributed by atoms with Gasteiger partial charge in [-0.2, -0.15) is 5.10 Å².